The van der Waals surface area contributed by atoms with Crippen LogP contribution in [-0.4, -0.2) is 50.6 Å². The number of nitrogens with one attached hydrogen (secondary N) is 2. The number of pyridine rings is 1. The summed E-state index contributed by atoms with van der Waals surface area (Å²) in [6.07, 6.45) is 2.27. The highest BCUT2D eigenvalue weighted by Gasteiger charge is 2.13. The first-order chi connectivity index (χ1) is 9.92. The Morgan fingerprint density at radius 3 is 2.75 bits per heavy atom. The topological polar surface area (TPSA) is 126 Å². The Bertz CT molecular complexity index is 828. The van der Waals surface area contributed by atoms with Gasteiger partial charge in [0.15, 0.2) is 11.6 Å². The fraction of sp³-hybridized carbons (Fsp3) is 0.100. The largest absolute Gasteiger partial charge is 0.293 e. The zero-order valence-corrected chi connectivity index (χ0v) is 10.1. The van der Waals surface area contributed by atoms with Crippen molar-refractivity contribution in [2.75, 3.05) is 0 Å². The van der Waals surface area contributed by atoms with Crippen molar-refractivity contribution in [1.29, 1.82) is 0 Å². The van der Waals surface area contributed by atoms with E-state index in [0.717, 1.165) is 17.0 Å². The van der Waals surface area contributed by atoms with E-state index in [2.05, 4.69) is 46.2 Å². The number of hydrogen-bond donors (Lipinski definition) is 2. The lowest BCUT2D eigenvalue weighted by Gasteiger charge is -2.05. The summed E-state index contributed by atoms with van der Waals surface area (Å²) in [5, 5.41) is 27.6. The van der Waals surface area contributed by atoms with E-state index >= 15 is 0 Å². The first-order valence-electron chi connectivity index (χ1n) is 5.84. The maximum atomic E-state index is 4.35. The van der Waals surface area contributed by atoms with E-state index in [9.17, 15) is 0 Å². The van der Waals surface area contributed by atoms with Crippen LogP contribution < -0.4 is 0 Å². The average Bonchev–Trinajstić information content (AvgIpc) is 3.20. The van der Waals surface area contributed by atoms with Crippen LogP contribution in [0.3, 0.4) is 0 Å². The van der Waals surface area contributed by atoms with Crippen LogP contribution in [0, 0.1) is 0 Å². The van der Waals surface area contributed by atoms with Crippen molar-refractivity contribution in [2.45, 2.75) is 6.42 Å². The number of tetrazole rings is 2. The molecule has 0 atom stereocenters. The van der Waals surface area contributed by atoms with Gasteiger partial charge < -0.3 is 0 Å². The molecule has 98 valence electrons. The molecule has 4 aromatic rings. The summed E-state index contributed by atoms with van der Waals surface area (Å²) >= 11 is 0. The molecule has 0 saturated carbocycles. The molecular formula is C10H8N10. The van der Waals surface area contributed by atoms with Gasteiger partial charge >= 0.3 is 0 Å². The van der Waals surface area contributed by atoms with E-state index in [-0.39, 0.29) is 0 Å². The van der Waals surface area contributed by atoms with E-state index in [0.29, 0.717) is 18.1 Å². The second-order valence-corrected chi connectivity index (χ2v) is 4.13. The van der Waals surface area contributed by atoms with E-state index in [1.165, 1.54) is 0 Å². The predicted molar refractivity (Wildman–Crippen MR) is 65.3 cm³/mol. The average molecular weight is 268 g/mol. The first kappa shape index (κ1) is 10.7. The molecule has 0 fully saturated rings. The molecule has 2 N–H and O–H groups in total. The lowest BCUT2D eigenvalue weighted by atomic mass is 10.2. The van der Waals surface area contributed by atoms with Crippen LogP contribution in [0.5, 0.6) is 0 Å². The van der Waals surface area contributed by atoms with Gasteiger partial charge in [0.25, 0.3) is 0 Å². The van der Waals surface area contributed by atoms with Crippen molar-refractivity contribution in [1.82, 2.24) is 50.6 Å². The van der Waals surface area contributed by atoms with Gasteiger partial charge in [-0.15, -0.1) is 10.2 Å². The third-order valence-corrected chi connectivity index (χ3v) is 2.94. The third-order valence-electron chi connectivity index (χ3n) is 2.94. The zero-order valence-electron chi connectivity index (χ0n) is 10.1. The van der Waals surface area contributed by atoms with Gasteiger partial charge in [0.05, 0.1) is 6.20 Å². The van der Waals surface area contributed by atoms with Crippen molar-refractivity contribution in [3.63, 3.8) is 0 Å². The zero-order chi connectivity index (χ0) is 13.4. The Morgan fingerprint density at radius 2 is 1.95 bits per heavy atom. The van der Waals surface area contributed by atoms with Gasteiger partial charge in [-0.25, -0.2) is 15.2 Å². The number of hydrogen-bond acceptors (Lipinski definition) is 7. The summed E-state index contributed by atoms with van der Waals surface area (Å²) in [4.78, 5) is 4.35. The van der Waals surface area contributed by atoms with Crippen LogP contribution in [0.2, 0.25) is 0 Å². The molecule has 0 unspecified atom stereocenters. The first-order valence-corrected chi connectivity index (χ1v) is 5.84. The van der Waals surface area contributed by atoms with Gasteiger partial charge in [-0.05, 0) is 33.0 Å². The molecule has 4 heterocycles. The van der Waals surface area contributed by atoms with E-state index in [4.69, 9.17) is 0 Å². The Balaban J connectivity index is 1.90. The lowest BCUT2D eigenvalue weighted by Crippen LogP contribution is -2.01. The number of nitrogens with zero attached hydrogens (tertiary/aromatic N) is 8. The maximum Gasteiger partial charge on any atom is 0.198 e. The van der Waals surface area contributed by atoms with Gasteiger partial charge in [-0.1, -0.05) is 6.07 Å². The standard InChI is InChI=1S/C10H8N10/c1-2-6(4-8-12-16-17-13-8)20-7(5-11-9(20)3-1)10-14-18-19-15-10/h1-3,5H,4H2,(H,12,13,16,17)(H,14,15,18,19). The fourth-order valence-corrected chi connectivity index (χ4v) is 2.10. The molecule has 4 aromatic heterocycles. The van der Waals surface area contributed by atoms with Crippen molar-refractivity contribution in [3.05, 3.63) is 35.9 Å². The minimum atomic E-state index is 0.551. The number of rotatable bonds is 3. The summed E-state index contributed by atoms with van der Waals surface area (Å²) in [6.45, 7) is 0. The SMILES string of the molecule is c1cc(Cc2nnn[nH]2)n2c(-c3nnn[nH]3)cnc2c1. The van der Waals surface area contributed by atoms with Crippen LogP contribution >= 0.6 is 0 Å². The second-order valence-electron chi connectivity index (χ2n) is 4.13. The summed E-state index contributed by atoms with van der Waals surface area (Å²) in [6, 6.07) is 5.82. The molecule has 20 heavy (non-hydrogen) atoms. The van der Waals surface area contributed by atoms with Crippen LogP contribution in [0.1, 0.15) is 11.5 Å². The summed E-state index contributed by atoms with van der Waals surface area (Å²) in [5.41, 5.74) is 2.57. The number of imidazole rings is 1. The van der Waals surface area contributed by atoms with E-state index in [1.54, 1.807) is 6.20 Å². The lowest BCUT2D eigenvalue weighted by molar-refractivity contribution is 0.881. The number of fused-ring (bicyclic) bond motifs is 1. The van der Waals surface area contributed by atoms with Gasteiger partial charge in [0.1, 0.15) is 11.3 Å². The monoisotopic (exact) mass is 268 g/mol. The predicted octanol–water partition coefficient (Wildman–Crippen LogP) is -0.382. The van der Waals surface area contributed by atoms with Crippen molar-refractivity contribution in [3.8, 4) is 11.5 Å². The van der Waals surface area contributed by atoms with Crippen LogP contribution in [-0.2, 0) is 6.42 Å². The Hall–Kier alpha value is -3.17. The molecule has 0 saturated heterocycles. The number of H-pyrrole nitrogens is 2. The summed E-state index contributed by atoms with van der Waals surface area (Å²) < 4.78 is 1.96. The highest BCUT2D eigenvalue weighted by atomic mass is 15.5. The van der Waals surface area contributed by atoms with Crippen molar-refractivity contribution >= 4 is 5.65 Å². The minimum Gasteiger partial charge on any atom is -0.293 e. The normalized spacial score (nSPS) is 11.2. The van der Waals surface area contributed by atoms with E-state index in [1.807, 2.05) is 22.6 Å². The Morgan fingerprint density at radius 1 is 1.05 bits per heavy atom. The molecule has 0 bridgehead atoms. The smallest absolute Gasteiger partial charge is 0.198 e. The van der Waals surface area contributed by atoms with Crippen LogP contribution in [0.25, 0.3) is 17.2 Å². The minimum absolute atomic E-state index is 0.551. The Labute approximate surface area is 111 Å². The molecule has 0 radical (unpaired) electrons. The summed E-state index contributed by atoms with van der Waals surface area (Å²) in [7, 11) is 0. The van der Waals surface area contributed by atoms with Gasteiger partial charge in [0, 0.05) is 12.1 Å². The molecule has 0 amide bonds. The second kappa shape index (κ2) is 4.19. The molecule has 0 aromatic carbocycles. The van der Waals surface area contributed by atoms with Crippen LogP contribution in [0.4, 0.5) is 0 Å². The van der Waals surface area contributed by atoms with Gasteiger partial charge in [-0.2, -0.15) is 0 Å². The maximum absolute atomic E-state index is 4.35. The fourth-order valence-electron chi connectivity index (χ4n) is 2.10. The molecule has 0 aliphatic carbocycles. The van der Waals surface area contributed by atoms with Gasteiger partial charge in [0.2, 0.25) is 0 Å². The van der Waals surface area contributed by atoms with Crippen LogP contribution in [0.15, 0.2) is 24.4 Å². The molecule has 0 aliphatic rings. The molecule has 0 spiro atoms. The molecule has 0 aliphatic heterocycles. The number of aromatic amines is 2. The Kier molecular flexibility index (Phi) is 2.25. The van der Waals surface area contributed by atoms with Crippen molar-refractivity contribution < 1.29 is 0 Å². The third kappa shape index (κ3) is 1.62. The molecule has 10 nitrogen and oxygen atoms in total. The number of aromatic nitrogens is 10. The van der Waals surface area contributed by atoms with Crippen molar-refractivity contribution in [2.24, 2.45) is 0 Å². The van der Waals surface area contributed by atoms with Gasteiger partial charge in [-0.3, -0.25) is 4.40 Å². The molecular weight excluding hydrogens is 260 g/mol. The highest BCUT2D eigenvalue weighted by molar-refractivity contribution is 5.57. The van der Waals surface area contributed by atoms with E-state index < -0.39 is 0 Å². The quantitative estimate of drug-likeness (QED) is 0.518. The highest BCUT2D eigenvalue weighted by Crippen LogP contribution is 2.19. The summed E-state index contributed by atoms with van der Waals surface area (Å²) in [5.74, 6) is 1.23. The molecule has 10 heteroatoms. The molecule has 4 rings (SSSR count).